The van der Waals surface area contributed by atoms with Crippen LogP contribution in [0.2, 0.25) is 5.02 Å². The fourth-order valence-electron chi connectivity index (χ4n) is 2.36. The molecule has 3 aromatic rings. The largest absolute Gasteiger partial charge is 0.497 e. The molecule has 3 heteroatoms. The number of hydrogen-bond donors (Lipinski definition) is 0. The van der Waals surface area contributed by atoms with Crippen molar-refractivity contribution in [1.82, 2.24) is 4.57 Å². The van der Waals surface area contributed by atoms with Crippen molar-refractivity contribution in [3.63, 3.8) is 0 Å². The molecule has 0 spiro atoms. The third-order valence-electron chi connectivity index (χ3n) is 3.39. The first-order valence-electron chi connectivity index (χ1n) is 6.08. The Bertz CT molecular complexity index is 728. The molecule has 2 nitrogen and oxygen atoms in total. The van der Waals surface area contributed by atoms with Gasteiger partial charge in [0.2, 0.25) is 0 Å². The van der Waals surface area contributed by atoms with Crippen molar-refractivity contribution in [2.75, 3.05) is 7.11 Å². The Hall–Kier alpha value is -1.93. The summed E-state index contributed by atoms with van der Waals surface area (Å²) in [7, 11) is 3.74. The van der Waals surface area contributed by atoms with Crippen LogP contribution >= 0.6 is 11.6 Å². The normalized spacial score (nSPS) is 10.9. The van der Waals surface area contributed by atoms with E-state index in [0.29, 0.717) is 0 Å². The molecule has 0 fully saturated rings. The first kappa shape index (κ1) is 12.1. The van der Waals surface area contributed by atoms with Gasteiger partial charge in [-0.05, 0) is 54.1 Å². The number of ether oxygens (including phenoxy) is 1. The Kier molecular flexibility index (Phi) is 2.96. The number of halogens is 1. The summed E-state index contributed by atoms with van der Waals surface area (Å²) in [6.07, 6.45) is 0. The molecule has 96 valence electrons. The predicted molar refractivity (Wildman–Crippen MR) is 79.9 cm³/mol. The van der Waals surface area contributed by atoms with E-state index in [1.807, 2.05) is 30.3 Å². The molecule has 0 N–H and O–H groups in total. The fraction of sp³-hybridized carbons (Fsp3) is 0.125. The summed E-state index contributed by atoms with van der Waals surface area (Å²) in [5.74, 6) is 0.866. The van der Waals surface area contributed by atoms with Crippen LogP contribution in [0.1, 0.15) is 0 Å². The van der Waals surface area contributed by atoms with Crippen molar-refractivity contribution in [3.8, 4) is 17.0 Å². The van der Waals surface area contributed by atoms with E-state index in [1.165, 1.54) is 11.2 Å². The second-order valence-corrected chi connectivity index (χ2v) is 4.96. The summed E-state index contributed by atoms with van der Waals surface area (Å²) >= 11 is 6.04. The molecule has 3 rings (SSSR count). The third kappa shape index (κ3) is 2.08. The van der Waals surface area contributed by atoms with E-state index in [2.05, 4.69) is 29.8 Å². The molecule has 0 aliphatic rings. The number of methoxy groups -OCH3 is 1. The van der Waals surface area contributed by atoms with Gasteiger partial charge in [-0.1, -0.05) is 11.6 Å². The summed E-state index contributed by atoms with van der Waals surface area (Å²) < 4.78 is 7.36. The van der Waals surface area contributed by atoms with Gasteiger partial charge in [0, 0.05) is 28.7 Å². The molecule has 0 unspecified atom stereocenters. The van der Waals surface area contributed by atoms with Crippen LogP contribution in [0, 0.1) is 0 Å². The van der Waals surface area contributed by atoms with Gasteiger partial charge >= 0.3 is 0 Å². The topological polar surface area (TPSA) is 14.2 Å². The van der Waals surface area contributed by atoms with Crippen LogP contribution < -0.4 is 4.74 Å². The molecule has 0 radical (unpaired) electrons. The number of fused-ring (bicyclic) bond motifs is 1. The van der Waals surface area contributed by atoms with Crippen LogP contribution in [0.15, 0.2) is 48.5 Å². The minimum atomic E-state index is 0.763. The molecular formula is C16H14ClNO. The standard InChI is InChI=1S/C16H14ClNO/c1-18-15-8-5-13(17)9-12(15)10-16(18)11-3-6-14(19-2)7-4-11/h3-10H,1-2H3. The summed E-state index contributed by atoms with van der Waals surface area (Å²) in [6.45, 7) is 0. The third-order valence-corrected chi connectivity index (χ3v) is 3.63. The lowest BCUT2D eigenvalue weighted by atomic mass is 10.1. The smallest absolute Gasteiger partial charge is 0.118 e. The summed E-state index contributed by atoms with van der Waals surface area (Å²) in [4.78, 5) is 0. The number of nitrogens with zero attached hydrogens (tertiary/aromatic N) is 1. The Morgan fingerprint density at radius 2 is 1.74 bits per heavy atom. The second-order valence-electron chi connectivity index (χ2n) is 4.52. The Morgan fingerprint density at radius 1 is 1.00 bits per heavy atom. The van der Waals surface area contributed by atoms with Crippen molar-refractivity contribution in [2.24, 2.45) is 7.05 Å². The lowest BCUT2D eigenvalue weighted by Crippen LogP contribution is -1.91. The molecule has 0 saturated heterocycles. The van der Waals surface area contributed by atoms with Crippen molar-refractivity contribution in [2.45, 2.75) is 0 Å². The Balaban J connectivity index is 2.15. The van der Waals surface area contributed by atoms with E-state index in [-0.39, 0.29) is 0 Å². The van der Waals surface area contributed by atoms with Gasteiger partial charge in [-0.15, -0.1) is 0 Å². The van der Waals surface area contributed by atoms with E-state index < -0.39 is 0 Å². The fourth-order valence-corrected chi connectivity index (χ4v) is 2.54. The average molecular weight is 272 g/mol. The van der Waals surface area contributed by atoms with Gasteiger partial charge in [-0.25, -0.2) is 0 Å². The van der Waals surface area contributed by atoms with Gasteiger partial charge in [0.15, 0.2) is 0 Å². The van der Waals surface area contributed by atoms with Crippen molar-refractivity contribution in [3.05, 3.63) is 53.6 Å². The van der Waals surface area contributed by atoms with Crippen molar-refractivity contribution < 1.29 is 4.74 Å². The molecule has 0 bridgehead atoms. The second kappa shape index (κ2) is 4.63. The van der Waals surface area contributed by atoms with Crippen LogP contribution in [0.25, 0.3) is 22.2 Å². The maximum atomic E-state index is 6.04. The predicted octanol–water partition coefficient (Wildman–Crippen LogP) is 4.51. The molecule has 1 aromatic heterocycles. The van der Waals surface area contributed by atoms with Gasteiger partial charge < -0.3 is 9.30 Å². The molecule has 0 aliphatic carbocycles. The zero-order chi connectivity index (χ0) is 13.4. The van der Waals surface area contributed by atoms with Crippen molar-refractivity contribution in [1.29, 1.82) is 0 Å². The molecule has 0 saturated carbocycles. The quantitative estimate of drug-likeness (QED) is 0.669. The highest BCUT2D eigenvalue weighted by Crippen LogP contribution is 2.29. The lowest BCUT2D eigenvalue weighted by Gasteiger charge is -2.05. The van der Waals surface area contributed by atoms with E-state index in [0.717, 1.165) is 21.7 Å². The highest BCUT2D eigenvalue weighted by molar-refractivity contribution is 6.31. The number of benzene rings is 2. The van der Waals surface area contributed by atoms with E-state index >= 15 is 0 Å². The van der Waals surface area contributed by atoms with Crippen LogP contribution in [-0.2, 0) is 7.05 Å². The first-order chi connectivity index (χ1) is 9.19. The van der Waals surface area contributed by atoms with E-state index in [1.54, 1.807) is 7.11 Å². The van der Waals surface area contributed by atoms with Crippen LogP contribution in [0.5, 0.6) is 5.75 Å². The van der Waals surface area contributed by atoms with Crippen LogP contribution in [0.4, 0.5) is 0 Å². The lowest BCUT2D eigenvalue weighted by molar-refractivity contribution is 0.415. The SMILES string of the molecule is COc1ccc(-c2cc3cc(Cl)ccc3n2C)cc1. The molecule has 0 amide bonds. The summed E-state index contributed by atoms with van der Waals surface area (Å²) in [6, 6.07) is 16.2. The number of rotatable bonds is 2. The maximum Gasteiger partial charge on any atom is 0.118 e. The molecule has 0 atom stereocenters. The molecule has 1 heterocycles. The van der Waals surface area contributed by atoms with Gasteiger partial charge in [0.25, 0.3) is 0 Å². The van der Waals surface area contributed by atoms with Gasteiger partial charge in [-0.3, -0.25) is 0 Å². The van der Waals surface area contributed by atoms with Crippen LogP contribution in [0.3, 0.4) is 0 Å². The number of hydrogen-bond acceptors (Lipinski definition) is 1. The summed E-state index contributed by atoms with van der Waals surface area (Å²) in [5.41, 5.74) is 3.51. The van der Waals surface area contributed by atoms with Crippen LogP contribution in [-0.4, -0.2) is 11.7 Å². The molecule has 2 aromatic carbocycles. The zero-order valence-electron chi connectivity index (χ0n) is 10.9. The highest BCUT2D eigenvalue weighted by Gasteiger charge is 2.08. The maximum absolute atomic E-state index is 6.04. The van der Waals surface area contributed by atoms with E-state index in [9.17, 15) is 0 Å². The monoisotopic (exact) mass is 271 g/mol. The highest BCUT2D eigenvalue weighted by atomic mass is 35.5. The molecule has 19 heavy (non-hydrogen) atoms. The number of aryl methyl sites for hydroxylation is 1. The summed E-state index contributed by atoms with van der Waals surface area (Å²) in [5, 5.41) is 1.92. The minimum absolute atomic E-state index is 0.763. The van der Waals surface area contributed by atoms with Gasteiger partial charge in [0.05, 0.1) is 7.11 Å². The van der Waals surface area contributed by atoms with Gasteiger partial charge in [0.1, 0.15) is 5.75 Å². The van der Waals surface area contributed by atoms with E-state index in [4.69, 9.17) is 16.3 Å². The number of aromatic nitrogens is 1. The minimum Gasteiger partial charge on any atom is -0.497 e. The zero-order valence-corrected chi connectivity index (χ0v) is 11.6. The molecular weight excluding hydrogens is 258 g/mol. The first-order valence-corrected chi connectivity index (χ1v) is 6.46. The Morgan fingerprint density at radius 3 is 2.42 bits per heavy atom. The van der Waals surface area contributed by atoms with Gasteiger partial charge in [-0.2, -0.15) is 0 Å². The molecule has 0 aliphatic heterocycles. The van der Waals surface area contributed by atoms with Crippen molar-refractivity contribution >= 4 is 22.5 Å². The Labute approximate surface area is 117 Å². The average Bonchev–Trinajstić information content (AvgIpc) is 2.75.